The summed E-state index contributed by atoms with van der Waals surface area (Å²) in [6.45, 7) is 0. The average molecular weight is 301 g/mol. The Morgan fingerprint density at radius 3 is 2.67 bits per heavy atom. The van der Waals surface area contributed by atoms with Crippen LogP contribution < -0.4 is 0 Å². The molecule has 0 aliphatic carbocycles. The van der Waals surface area contributed by atoms with E-state index in [1.165, 1.54) is 11.6 Å². The summed E-state index contributed by atoms with van der Waals surface area (Å²) in [6.07, 6.45) is 1.51. The van der Waals surface area contributed by atoms with Crippen LogP contribution in [0.2, 0.25) is 5.02 Å². The van der Waals surface area contributed by atoms with Crippen molar-refractivity contribution in [3.63, 3.8) is 0 Å². The number of aromatic hydroxyl groups is 1. The van der Waals surface area contributed by atoms with Gasteiger partial charge in [0, 0.05) is 11.4 Å². The molecule has 1 heterocycles. The number of benzene rings is 2. The van der Waals surface area contributed by atoms with Crippen molar-refractivity contribution in [1.29, 1.82) is 0 Å². The zero-order valence-corrected chi connectivity index (χ0v) is 11.9. The summed E-state index contributed by atoms with van der Waals surface area (Å²) in [5, 5.41) is 14.3. The molecule has 3 aromatic rings. The summed E-state index contributed by atoms with van der Waals surface area (Å²) in [5.74, 6) is 0.948. The standard InChI is InChI=1S/C16H13ClN2O2/c17-12-7-8-14(20)13(10-12)16-18-15(19-21-16)9-6-11-4-2-1-3-5-11/h1-5,7-8,10,20H,6,9H2. The molecule has 4 nitrogen and oxygen atoms in total. The first-order chi connectivity index (χ1) is 10.2. The number of phenolic OH excluding ortho intramolecular Hbond substituents is 1. The third-order valence-electron chi connectivity index (χ3n) is 3.14. The predicted octanol–water partition coefficient (Wildman–Crippen LogP) is 3.88. The first kappa shape index (κ1) is 13.6. The second-order valence-corrected chi connectivity index (χ2v) is 5.10. The summed E-state index contributed by atoms with van der Waals surface area (Å²) < 4.78 is 5.20. The van der Waals surface area contributed by atoms with Crippen LogP contribution >= 0.6 is 11.6 Å². The molecule has 0 saturated heterocycles. The van der Waals surface area contributed by atoms with Crippen LogP contribution in [0.4, 0.5) is 0 Å². The van der Waals surface area contributed by atoms with Gasteiger partial charge in [-0.3, -0.25) is 0 Å². The molecule has 2 aromatic carbocycles. The molecule has 3 rings (SSSR count). The highest BCUT2D eigenvalue weighted by Crippen LogP contribution is 2.30. The molecule has 106 valence electrons. The molecule has 0 spiro atoms. The van der Waals surface area contributed by atoms with Gasteiger partial charge in [0.25, 0.3) is 5.89 Å². The number of hydrogen-bond acceptors (Lipinski definition) is 4. The zero-order valence-electron chi connectivity index (χ0n) is 11.2. The van der Waals surface area contributed by atoms with Crippen LogP contribution in [0, 0.1) is 0 Å². The number of rotatable bonds is 4. The van der Waals surface area contributed by atoms with Gasteiger partial charge in [0.1, 0.15) is 5.75 Å². The number of hydrogen-bond donors (Lipinski definition) is 1. The third-order valence-corrected chi connectivity index (χ3v) is 3.37. The van der Waals surface area contributed by atoms with Crippen molar-refractivity contribution in [2.75, 3.05) is 0 Å². The molecule has 0 aliphatic heterocycles. The average Bonchev–Trinajstić information content (AvgIpc) is 2.97. The minimum absolute atomic E-state index is 0.0673. The smallest absolute Gasteiger partial charge is 0.261 e. The van der Waals surface area contributed by atoms with E-state index in [0.717, 1.165) is 6.42 Å². The largest absolute Gasteiger partial charge is 0.507 e. The second kappa shape index (κ2) is 5.97. The van der Waals surface area contributed by atoms with E-state index in [9.17, 15) is 5.11 Å². The fourth-order valence-electron chi connectivity index (χ4n) is 2.05. The lowest BCUT2D eigenvalue weighted by Gasteiger charge is -1.99. The molecule has 0 saturated carbocycles. The first-order valence-corrected chi connectivity index (χ1v) is 6.95. The Labute approximate surface area is 127 Å². The minimum Gasteiger partial charge on any atom is -0.507 e. The van der Waals surface area contributed by atoms with Gasteiger partial charge >= 0.3 is 0 Å². The topological polar surface area (TPSA) is 59.2 Å². The number of phenols is 1. The molecule has 0 radical (unpaired) electrons. The number of nitrogens with zero attached hydrogens (tertiary/aromatic N) is 2. The van der Waals surface area contributed by atoms with Gasteiger partial charge in [0.2, 0.25) is 0 Å². The normalized spacial score (nSPS) is 10.7. The molecule has 21 heavy (non-hydrogen) atoms. The molecule has 1 N–H and O–H groups in total. The zero-order chi connectivity index (χ0) is 14.7. The predicted molar refractivity (Wildman–Crippen MR) is 80.3 cm³/mol. The van der Waals surface area contributed by atoms with Crippen molar-refractivity contribution in [2.24, 2.45) is 0 Å². The van der Waals surface area contributed by atoms with E-state index < -0.39 is 0 Å². The molecule has 0 fully saturated rings. The van der Waals surface area contributed by atoms with Crippen LogP contribution in [-0.4, -0.2) is 15.2 Å². The second-order valence-electron chi connectivity index (χ2n) is 4.66. The lowest BCUT2D eigenvalue weighted by molar-refractivity contribution is 0.417. The number of halogens is 1. The molecule has 0 bridgehead atoms. The van der Waals surface area contributed by atoms with E-state index >= 15 is 0 Å². The quantitative estimate of drug-likeness (QED) is 0.794. The minimum atomic E-state index is 0.0673. The molecule has 0 unspecified atom stereocenters. The van der Waals surface area contributed by atoms with E-state index in [1.54, 1.807) is 12.1 Å². The fourth-order valence-corrected chi connectivity index (χ4v) is 2.22. The van der Waals surface area contributed by atoms with Crippen molar-refractivity contribution in [3.05, 3.63) is 64.9 Å². The highest BCUT2D eigenvalue weighted by molar-refractivity contribution is 6.30. The Balaban J connectivity index is 1.76. The van der Waals surface area contributed by atoms with E-state index in [2.05, 4.69) is 22.3 Å². The van der Waals surface area contributed by atoms with Crippen LogP contribution in [0.15, 0.2) is 53.1 Å². The number of aryl methyl sites for hydroxylation is 2. The Bertz CT molecular complexity index is 741. The van der Waals surface area contributed by atoms with Gasteiger partial charge < -0.3 is 9.63 Å². The molecule has 0 atom stereocenters. The molecule has 1 aromatic heterocycles. The summed E-state index contributed by atoms with van der Waals surface area (Å²) in [4.78, 5) is 4.30. The highest BCUT2D eigenvalue weighted by atomic mass is 35.5. The molecular formula is C16H13ClN2O2. The van der Waals surface area contributed by atoms with Crippen molar-refractivity contribution < 1.29 is 9.63 Å². The van der Waals surface area contributed by atoms with Crippen molar-refractivity contribution in [1.82, 2.24) is 10.1 Å². The molecule has 5 heteroatoms. The van der Waals surface area contributed by atoms with Gasteiger partial charge in [0.15, 0.2) is 5.82 Å². The lowest BCUT2D eigenvalue weighted by atomic mass is 10.1. The summed E-state index contributed by atoms with van der Waals surface area (Å²) >= 11 is 5.91. The van der Waals surface area contributed by atoms with Gasteiger partial charge in [0.05, 0.1) is 5.56 Å². The van der Waals surface area contributed by atoms with Gasteiger partial charge in [-0.25, -0.2) is 0 Å². The molecular weight excluding hydrogens is 288 g/mol. The van der Waals surface area contributed by atoms with Crippen molar-refractivity contribution >= 4 is 11.6 Å². The van der Waals surface area contributed by atoms with Crippen LogP contribution in [0.25, 0.3) is 11.5 Å². The summed E-state index contributed by atoms with van der Waals surface area (Å²) in [7, 11) is 0. The van der Waals surface area contributed by atoms with E-state index in [0.29, 0.717) is 22.8 Å². The maximum absolute atomic E-state index is 9.82. The summed E-state index contributed by atoms with van der Waals surface area (Å²) in [5.41, 5.74) is 1.66. The van der Waals surface area contributed by atoms with Crippen LogP contribution in [-0.2, 0) is 12.8 Å². The Morgan fingerprint density at radius 1 is 1.05 bits per heavy atom. The van der Waals surface area contributed by atoms with E-state index in [4.69, 9.17) is 16.1 Å². The number of aromatic nitrogens is 2. The van der Waals surface area contributed by atoms with Gasteiger partial charge in [-0.15, -0.1) is 0 Å². The maximum atomic E-state index is 9.82. The summed E-state index contributed by atoms with van der Waals surface area (Å²) in [6, 6.07) is 14.8. The van der Waals surface area contributed by atoms with Crippen LogP contribution in [0.5, 0.6) is 5.75 Å². The van der Waals surface area contributed by atoms with Crippen molar-refractivity contribution in [3.8, 4) is 17.2 Å². The van der Waals surface area contributed by atoms with Crippen LogP contribution in [0.3, 0.4) is 0 Å². The van der Waals surface area contributed by atoms with Gasteiger partial charge in [-0.1, -0.05) is 47.1 Å². The Kier molecular flexibility index (Phi) is 3.88. The van der Waals surface area contributed by atoms with Crippen molar-refractivity contribution in [2.45, 2.75) is 12.8 Å². The van der Waals surface area contributed by atoms with Crippen LogP contribution in [0.1, 0.15) is 11.4 Å². The Hall–Kier alpha value is -2.33. The third kappa shape index (κ3) is 3.23. The van der Waals surface area contributed by atoms with E-state index in [-0.39, 0.29) is 11.6 Å². The maximum Gasteiger partial charge on any atom is 0.261 e. The van der Waals surface area contributed by atoms with Gasteiger partial charge in [-0.2, -0.15) is 4.98 Å². The lowest BCUT2D eigenvalue weighted by Crippen LogP contribution is -1.93. The molecule has 0 amide bonds. The first-order valence-electron chi connectivity index (χ1n) is 6.58. The molecule has 0 aliphatic rings. The Morgan fingerprint density at radius 2 is 1.86 bits per heavy atom. The fraction of sp³-hybridized carbons (Fsp3) is 0.125. The SMILES string of the molecule is Oc1ccc(Cl)cc1-c1nc(CCc2ccccc2)no1. The van der Waals surface area contributed by atoms with E-state index in [1.807, 2.05) is 18.2 Å². The monoisotopic (exact) mass is 300 g/mol. The highest BCUT2D eigenvalue weighted by Gasteiger charge is 2.13. The van der Waals surface area contributed by atoms with Gasteiger partial charge in [-0.05, 0) is 30.2 Å².